The number of carbonyl (C=O) groups excluding carboxylic acids is 2. The number of hydrogen-bond donors (Lipinski definition) is 2. The summed E-state index contributed by atoms with van der Waals surface area (Å²) < 4.78 is 0. The van der Waals surface area contributed by atoms with Gasteiger partial charge in [-0.1, -0.05) is 12.8 Å². The number of hydrogen-bond acceptors (Lipinski definition) is 5. The van der Waals surface area contributed by atoms with Gasteiger partial charge in [0.2, 0.25) is 11.8 Å². The first-order valence-electron chi connectivity index (χ1n) is 8.44. The van der Waals surface area contributed by atoms with E-state index in [2.05, 4.69) is 10.6 Å². The van der Waals surface area contributed by atoms with Crippen LogP contribution in [0.2, 0.25) is 0 Å². The lowest BCUT2D eigenvalue weighted by Gasteiger charge is -2.14. The monoisotopic (exact) mass is 365 g/mol. The first kappa shape index (κ1) is 19.2. The topological polar surface area (TPSA) is 101 Å². The summed E-state index contributed by atoms with van der Waals surface area (Å²) in [6.07, 6.45) is 4.69. The lowest BCUT2D eigenvalue weighted by atomic mass is 10.2. The molecular weight excluding hydrogens is 342 g/mol. The quantitative estimate of drug-likeness (QED) is 0.419. The number of nitro groups is 1. The third-order valence-corrected chi connectivity index (χ3v) is 5.21. The summed E-state index contributed by atoms with van der Waals surface area (Å²) >= 11 is 1.32. The minimum absolute atomic E-state index is 0.0229. The Labute approximate surface area is 151 Å². The van der Waals surface area contributed by atoms with Crippen LogP contribution in [0.4, 0.5) is 5.69 Å². The summed E-state index contributed by atoms with van der Waals surface area (Å²) in [6, 6.07) is 6.38. The first-order valence-corrected chi connectivity index (χ1v) is 9.32. The number of benzene rings is 1. The van der Waals surface area contributed by atoms with E-state index in [0.29, 0.717) is 12.6 Å². The van der Waals surface area contributed by atoms with E-state index in [-0.39, 0.29) is 29.2 Å². The normalized spacial score (nSPS) is 15.6. The third kappa shape index (κ3) is 6.38. The molecule has 1 saturated carbocycles. The fourth-order valence-electron chi connectivity index (χ4n) is 2.72. The van der Waals surface area contributed by atoms with E-state index in [1.165, 1.54) is 36.7 Å². The number of thioether (sulfide) groups is 1. The van der Waals surface area contributed by atoms with E-state index in [1.54, 1.807) is 19.1 Å². The molecule has 7 nitrogen and oxygen atoms in total. The van der Waals surface area contributed by atoms with E-state index >= 15 is 0 Å². The number of amides is 2. The smallest absolute Gasteiger partial charge is 0.269 e. The average molecular weight is 365 g/mol. The van der Waals surface area contributed by atoms with E-state index in [9.17, 15) is 19.7 Å². The lowest BCUT2D eigenvalue weighted by molar-refractivity contribution is -0.384. The number of non-ortho nitro benzene ring substituents is 1. The Balaban J connectivity index is 1.68. The number of carbonyl (C=O) groups is 2. The molecule has 1 aromatic carbocycles. The zero-order valence-electron chi connectivity index (χ0n) is 14.2. The van der Waals surface area contributed by atoms with Crippen molar-refractivity contribution in [1.82, 2.24) is 10.6 Å². The summed E-state index contributed by atoms with van der Waals surface area (Å²) in [5.74, 6) is -0.181. The minimum atomic E-state index is -0.457. The molecule has 8 heteroatoms. The van der Waals surface area contributed by atoms with E-state index < -0.39 is 4.92 Å². The molecule has 0 radical (unpaired) electrons. The highest BCUT2D eigenvalue weighted by Gasteiger charge is 2.18. The maximum Gasteiger partial charge on any atom is 0.269 e. The van der Waals surface area contributed by atoms with Crippen LogP contribution in [0.25, 0.3) is 0 Å². The van der Waals surface area contributed by atoms with Crippen molar-refractivity contribution >= 4 is 29.3 Å². The van der Waals surface area contributed by atoms with Crippen molar-refractivity contribution < 1.29 is 14.5 Å². The Kier molecular flexibility index (Phi) is 7.24. The van der Waals surface area contributed by atoms with E-state index in [4.69, 9.17) is 0 Å². The van der Waals surface area contributed by atoms with Crippen LogP contribution < -0.4 is 10.6 Å². The Morgan fingerprint density at radius 2 is 1.92 bits per heavy atom. The molecule has 1 aliphatic carbocycles. The van der Waals surface area contributed by atoms with Gasteiger partial charge in [0.1, 0.15) is 0 Å². The summed E-state index contributed by atoms with van der Waals surface area (Å²) in [6.45, 7) is 2.07. The van der Waals surface area contributed by atoms with Gasteiger partial charge in [-0.05, 0) is 31.9 Å². The molecule has 0 aliphatic heterocycles. The molecule has 0 heterocycles. The predicted molar refractivity (Wildman–Crippen MR) is 96.4 cm³/mol. The van der Waals surface area contributed by atoms with Gasteiger partial charge in [0.25, 0.3) is 5.69 Å². The number of rotatable bonds is 8. The van der Waals surface area contributed by atoms with Gasteiger partial charge in [-0.3, -0.25) is 19.7 Å². The molecule has 1 fully saturated rings. The molecule has 2 rings (SSSR count). The second-order valence-electron chi connectivity index (χ2n) is 6.10. The highest BCUT2D eigenvalue weighted by atomic mass is 32.2. The number of nitro benzene ring substituents is 1. The number of nitrogens with zero attached hydrogens (tertiary/aromatic N) is 1. The largest absolute Gasteiger partial charge is 0.355 e. The van der Waals surface area contributed by atoms with Crippen molar-refractivity contribution in [3.8, 4) is 0 Å². The predicted octanol–water partition coefficient (Wildman–Crippen LogP) is 2.64. The molecule has 25 heavy (non-hydrogen) atoms. The second kappa shape index (κ2) is 9.41. The zero-order chi connectivity index (χ0) is 18.2. The van der Waals surface area contributed by atoms with Gasteiger partial charge in [0.15, 0.2) is 0 Å². The van der Waals surface area contributed by atoms with Crippen molar-refractivity contribution in [2.45, 2.75) is 55.2 Å². The molecule has 0 saturated heterocycles. The number of nitrogens with one attached hydrogen (secondary N) is 2. The van der Waals surface area contributed by atoms with Crippen molar-refractivity contribution in [3.63, 3.8) is 0 Å². The van der Waals surface area contributed by atoms with Crippen LogP contribution >= 0.6 is 11.8 Å². The van der Waals surface area contributed by atoms with Gasteiger partial charge in [-0.2, -0.15) is 0 Å². The van der Waals surface area contributed by atoms with Crippen LogP contribution in [-0.4, -0.2) is 34.6 Å². The Morgan fingerprint density at radius 3 is 2.52 bits per heavy atom. The van der Waals surface area contributed by atoms with Gasteiger partial charge in [0, 0.05) is 36.0 Å². The average Bonchev–Trinajstić information content (AvgIpc) is 3.08. The van der Waals surface area contributed by atoms with Crippen LogP contribution in [0.1, 0.15) is 39.0 Å². The van der Waals surface area contributed by atoms with E-state index in [1.807, 2.05) is 0 Å². The van der Waals surface area contributed by atoms with Gasteiger partial charge < -0.3 is 10.6 Å². The highest BCUT2D eigenvalue weighted by Crippen LogP contribution is 2.25. The molecule has 1 aromatic rings. The molecule has 0 aromatic heterocycles. The van der Waals surface area contributed by atoms with Crippen LogP contribution in [0.3, 0.4) is 0 Å². The lowest BCUT2D eigenvalue weighted by Crippen LogP contribution is -2.37. The summed E-state index contributed by atoms with van der Waals surface area (Å²) in [7, 11) is 0. The summed E-state index contributed by atoms with van der Waals surface area (Å²) in [4.78, 5) is 34.8. The van der Waals surface area contributed by atoms with Gasteiger partial charge in [-0.25, -0.2) is 0 Å². The van der Waals surface area contributed by atoms with Crippen molar-refractivity contribution in [1.29, 1.82) is 0 Å². The molecular formula is C17H23N3O4S. The maximum atomic E-state index is 12.1. The summed E-state index contributed by atoms with van der Waals surface area (Å²) in [5, 5.41) is 16.0. The van der Waals surface area contributed by atoms with Crippen LogP contribution in [0, 0.1) is 10.1 Å². The molecule has 0 spiro atoms. The van der Waals surface area contributed by atoms with Gasteiger partial charge >= 0.3 is 0 Å². The molecule has 0 bridgehead atoms. The second-order valence-corrected chi connectivity index (χ2v) is 7.52. The fraction of sp³-hybridized carbons (Fsp3) is 0.529. The standard InChI is InChI=1S/C17H23N3O4S/c1-12(25-15-8-6-14(7-9-15)20(23)24)17(22)18-11-10-16(21)19-13-4-2-3-5-13/h6-9,12-13H,2-5,10-11H2,1H3,(H,18,22)(H,19,21). The first-order chi connectivity index (χ1) is 12.0. The third-order valence-electron chi connectivity index (χ3n) is 4.10. The molecule has 136 valence electrons. The zero-order valence-corrected chi connectivity index (χ0v) is 15.0. The van der Waals surface area contributed by atoms with E-state index in [0.717, 1.165) is 17.7 Å². The van der Waals surface area contributed by atoms with Crippen LogP contribution in [0.15, 0.2) is 29.2 Å². The Hall–Kier alpha value is -2.09. The minimum Gasteiger partial charge on any atom is -0.355 e. The summed E-state index contributed by atoms with van der Waals surface area (Å²) in [5.41, 5.74) is 0.0229. The fourth-order valence-corrected chi connectivity index (χ4v) is 3.61. The molecule has 2 amide bonds. The molecule has 2 N–H and O–H groups in total. The maximum absolute atomic E-state index is 12.1. The SMILES string of the molecule is CC(Sc1ccc([N+](=O)[O-])cc1)C(=O)NCCC(=O)NC1CCCC1. The van der Waals surface area contributed by atoms with Gasteiger partial charge in [0.05, 0.1) is 10.2 Å². The Bertz CT molecular complexity index is 615. The van der Waals surface area contributed by atoms with Crippen LogP contribution in [-0.2, 0) is 9.59 Å². The Morgan fingerprint density at radius 1 is 1.28 bits per heavy atom. The molecule has 1 atom stereocenters. The van der Waals surface area contributed by atoms with Gasteiger partial charge in [-0.15, -0.1) is 11.8 Å². The van der Waals surface area contributed by atoms with Crippen molar-refractivity contribution in [2.75, 3.05) is 6.54 Å². The van der Waals surface area contributed by atoms with Crippen molar-refractivity contribution in [2.24, 2.45) is 0 Å². The van der Waals surface area contributed by atoms with Crippen LogP contribution in [0.5, 0.6) is 0 Å². The highest BCUT2D eigenvalue weighted by molar-refractivity contribution is 8.00. The van der Waals surface area contributed by atoms with Crippen molar-refractivity contribution in [3.05, 3.63) is 34.4 Å². The molecule has 1 unspecified atom stereocenters. The molecule has 1 aliphatic rings.